The van der Waals surface area contributed by atoms with Crippen molar-refractivity contribution < 1.29 is 9.84 Å². The van der Waals surface area contributed by atoms with Crippen LogP contribution in [0.3, 0.4) is 0 Å². The van der Waals surface area contributed by atoms with Crippen molar-refractivity contribution in [2.75, 3.05) is 6.54 Å². The molecule has 3 aromatic carbocycles. The lowest BCUT2D eigenvalue weighted by atomic mass is 10.1. The van der Waals surface area contributed by atoms with Gasteiger partial charge in [0.15, 0.2) is 0 Å². The zero-order valence-electron chi connectivity index (χ0n) is 15.1. The van der Waals surface area contributed by atoms with Gasteiger partial charge >= 0.3 is 0 Å². The average Bonchev–Trinajstić information content (AvgIpc) is 2.69. The lowest BCUT2D eigenvalue weighted by Crippen LogP contribution is -2.20. The van der Waals surface area contributed by atoms with Gasteiger partial charge in [0, 0.05) is 28.7 Å². The number of rotatable bonds is 8. The summed E-state index contributed by atoms with van der Waals surface area (Å²) in [4.78, 5) is 0. The quantitative estimate of drug-likeness (QED) is 0.466. The van der Waals surface area contributed by atoms with Crippen LogP contribution >= 0.6 is 35.6 Å². The molecule has 0 saturated heterocycles. The first-order valence-corrected chi connectivity index (χ1v) is 9.47. The molecule has 0 spiro atoms. The topological polar surface area (TPSA) is 41.5 Å². The van der Waals surface area contributed by atoms with E-state index in [1.165, 1.54) is 0 Å². The number of aliphatic hydroxyl groups excluding tert-OH is 1. The van der Waals surface area contributed by atoms with Crippen LogP contribution in [0.5, 0.6) is 5.75 Å². The highest BCUT2D eigenvalue weighted by molar-refractivity contribution is 6.35. The van der Waals surface area contributed by atoms with Crippen molar-refractivity contribution in [1.29, 1.82) is 0 Å². The summed E-state index contributed by atoms with van der Waals surface area (Å²) in [7, 11) is 0. The highest BCUT2D eigenvalue weighted by atomic mass is 35.5. The average molecular weight is 439 g/mol. The molecule has 0 radical (unpaired) electrons. The van der Waals surface area contributed by atoms with Crippen LogP contribution in [0, 0.1) is 0 Å². The first kappa shape index (κ1) is 22.5. The Kier molecular flexibility index (Phi) is 9.10. The van der Waals surface area contributed by atoms with Gasteiger partial charge in [0.25, 0.3) is 0 Å². The number of nitrogens with one attached hydrogen (secondary N) is 1. The van der Waals surface area contributed by atoms with E-state index in [-0.39, 0.29) is 12.4 Å². The smallest absolute Gasteiger partial charge is 0.119 e. The van der Waals surface area contributed by atoms with Crippen molar-refractivity contribution in [2.45, 2.75) is 19.3 Å². The monoisotopic (exact) mass is 437 g/mol. The zero-order valence-corrected chi connectivity index (χ0v) is 17.5. The van der Waals surface area contributed by atoms with Crippen LogP contribution in [0.25, 0.3) is 0 Å². The summed E-state index contributed by atoms with van der Waals surface area (Å²) < 4.78 is 5.78. The maximum Gasteiger partial charge on any atom is 0.119 e. The number of hydrogen-bond donors (Lipinski definition) is 2. The van der Waals surface area contributed by atoms with Gasteiger partial charge < -0.3 is 15.2 Å². The molecule has 0 aliphatic carbocycles. The summed E-state index contributed by atoms with van der Waals surface area (Å²) in [6.07, 6.45) is -0.516. The molecule has 1 unspecified atom stereocenters. The van der Waals surface area contributed by atoms with Crippen LogP contribution in [0.4, 0.5) is 0 Å². The van der Waals surface area contributed by atoms with E-state index < -0.39 is 6.10 Å². The Balaban J connectivity index is 0.00000280. The Bertz CT molecular complexity index is 857. The predicted octanol–water partition coefficient (Wildman–Crippen LogP) is 5.82. The second-order valence-electron chi connectivity index (χ2n) is 6.23. The number of hydrogen-bond acceptors (Lipinski definition) is 3. The van der Waals surface area contributed by atoms with E-state index in [1.54, 1.807) is 12.1 Å². The molecular weight excluding hydrogens is 417 g/mol. The summed E-state index contributed by atoms with van der Waals surface area (Å²) in [6.45, 7) is 1.56. The molecule has 1 atom stereocenters. The molecule has 148 valence electrons. The molecule has 0 aliphatic heterocycles. The second kappa shape index (κ2) is 11.3. The number of aliphatic hydroxyl groups is 1. The van der Waals surface area contributed by atoms with E-state index in [1.807, 2.05) is 60.7 Å². The summed E-state index contributed by atoms with van der Waals surface area (Å²) in [6, 6.07) is 22.9. The van der Waals surface area contributed by atoms with E-state index in [2.05, 4.69) is 5.32 Å². The highest BCUT2D eigenvalue weighted by Crippen LogP contribution is 2.23. The van der Waals surface area contributed by atoms with Gasteiger partial charge in [-0.15, -0.1) is 12.4 Å². The fraction of sp³-hybridized carbons (Fsp3) is 0.182. The minimum absolute atomic E-state index is 0. The van der Waals surface area contributed by atoms with Crippen molar-refractivity contribution in [3.8, 4) is 5.75 Å². The first-order chi connectivity index (χ1) is 13.1. The Morgan fingerprint density at radius 1 is 0.929 bits per heavy atom. The van der Waals surface area contributed by atoms with Crippen molar-refractivity contribution in [2.24, 2.45) is 0 Å². The molecule has 3 rings (SSSR count). The minimum atomic E-state index is -0.516. The lowest BCUT2D eigenvalue weighted by Gasteiger charge is -2.12. The van der Waals surface area contributed by atoms with Gasteiger partial charge in [-0.1, -0.05) is 71.7 Å². The molecule has 28 heavy (non-hydrogen) atoms. The summed E-state index contributed by atoms with van der Waals surface area (Å²) in [5, 5.41) is 14.6. The van der Waals surface area contributed by atoms with Gasteiger partial charge in [0.1, 0.15) is 12.4 Å². The van der Waals surface area contributed by atoms with Crippen LogP contribution in [-0.4, -0.2) is 11.7 Å². The molecule has 0 aromatic heterocycles. The lowest BCUT2D eigenvalue weighted by molar-refractivity contribution is 0.174. The molecule has 0 aliphatic rings. The van der Waals surface area contributed by atoms with Crippen LogP contribution in [-0.2, 0) is 13.2 Å². The van der Waals surface area contributed by atoms with Crippen LogP contribution in [0.1, 0.15) is 22.8 Å². The van der Waals surface area contributed by atoms with Crippen LogP contribution in [0.15, 0.2) is 72.8 Å². The summed E-state index contributed by atoms with van der Waals surface area (Å²) in [5.74, 6) is 0.772. The number of ether oxygens (including phenoxy) is 1. The molecule has 0 amide bonds. The predicted molar refractivity (Wildman–Crippen MR) is 118 cm³/mol. The van der Waals surface area contributed by atoms with E-state index in [0.717, 1.165) is 22.4 Å². The molecule has 0 fully saturated rings. The Morgan fingerprint density at radius 3 is 2.32 bits per heavy atom. The van der Waals surface area contributed by atoms with Gasteiger partial charge in [-0.05, 0) is 35.4 Å². The van der Waals surface area contributed by atoms with Gasteiger partial charge in [-0.3, -0.25) is 0 Å². The summed E-state index contributed by atoms with van der Waals surface area (Å²) in [5.41, 5.74) is 2.92. The standard InChI is InChI=1S/C22H21Cl2NO2.ClH/c23-19-9-8-18(21(24)12-19)15-27-20-10-6-16(7-11-20)13-25-14-22(26)17-4-2-1-3-5-17;/h1-12,22,25-26H,13-15H2;1H. The highest BCUT2D eigenvalue weighted by Gasteiger charge is 2.06. The number of halogens is 3. The van der Waals surface area contributed by atoms with Crippen LogP contribution in [0.2, 0.25) is 10.0 Å². The molecule has 6 heteroatoms. The van der Waals surface area contributed by atoms with Gasteiger partial charge in [0.05, 0.1) is 6.10 Å². The van der Waals surface area contributed by atoms with Gasteiger partial charge in [-0.25, -0.2) is 0 Å². The van der Waals surface area contributed by atoms with Crippen LogP contribution < -0.4 is 10.1 Å². The van der Waals surface area contributed by atoms with E-state index >= 15 is 0 Å². The SMILES string of the molecule is Cl.OC(CNCc1ccc(OCc2ccc(Cl)cc2Cl)cc1)c1ccccc1. The van der Waals surface area contributed by atoms with E-state index in [0.29, 0.717) is 29.7 Å². The maximum atomic E-state index is 10.2. The first-order valence-electron chi connectivity index (χ1n) is 8.71. The Morgan fingerprint density at radius 2 is 1.64 bits per heavy atom. The Labute approximate surface area is 181 Å². The number of benzene rings is 3. The van der Waals surface area contributed by atoms with Crippen molar-refractivity contribution in [3.63, 3.8) is 0 Å². The fourth-order valence-corrected chi connectivity index (χ4v) is 3.11. The van der Waals surface area contributed by atoms with Crippen molar-refractivity contribution >= 4 is 35.6 Å². The zero-order chi connectivity index (χ0) is 19.1. The molecule has 3 aromatic rings. The fourth-order valence-electron chi connectivity index (χ4n) is 2.65. The summed E-state index contributed by atoms with van der Waals surface area (Å²) >= 11 is 12.1. The van der Waals surface area contributed by atoms with E-state index in [4.69, 9.17) is 27.9 Å². The normalized spacial score (nSPS) is 11.5. The third-order valence-corrected chi connectivity index (χ3v) is 4.77. The molecule has 2 N–H and O–H groups in total. The van der Waals surface area contributed by atoms with Gasteiger partial charge in [-0.2, -0.15) is 0 Å². The second-order valence-corrected chi connectivity index (χ2v) is 7.07. The third kappa shape index (κ3) is 6.69. The molecular formula is C22H22Cl3NO2. The molecule has 0 bridgehead atoms. The molecule has 0 heterocycles. The van der Waals surface area contributed by atoms with Gasteiger partial charge in [0.2, 0.25) is 0 Å². The maximum absolute atomic E-state index is 10.2. The van der Waals surface area contributed by atoms with Crippen molar-refractivity contribution in [1.82, 2.24) is 5.32 Å². The minimum Gasteiger partial charge on any atom is -0.489 e. The molecule has 0 saturated carbocycles. The Hall–Kier alpha value is -1.75. The third-order valence-electron chi connectivity index (χ3n) is 4.18. The van der Waals surface area contributed by atoms with E-state index in [9.17, 15) is 5.11 Å². The van der Waals surface area contributed by atoms with Crippen molar-refractivity contribution in [3.05, 3.63) is 99.5 Å². The molecule has 3 nitrogen and oxygen atoms in total. The largest absolute Gasteiger partial charge is 0.489 e.